The molecule has 1 aromatic heterocycles. The third-order valence-electron chi connectivity index (χ3n) is 2.82. The Kier molecular flexibility index (Phi) is 3.57. The molecule has 0 radical (unpaired) electrons. The number of nitrogens with zero attached hydrogens (tertiary/aromatic N) is 2. The van der Waals surface area contributed by atoms with Crippen LogP contribution in [-0.2, 0) is 0 Å². The second-order valence-electron chi connectivity index (χ2n) is 4.71. The fourth-order valence-corrected chi connectivity index (χ4v) is 2.60. The number of anilines is 1. The largest absolute Gasteiger partial charge is 0.360 e. The zero-order chi connectivity index (χ0) is 10.7. The van der Waals surface area contributed by atoms with E-state index < -0.39 is 0 Å². The van der Waals surface area contributed by atoms with Crippen molar-refractivity contribution < 1.29 is 0 Å². The summed E-state index contributed by atoms with van der Waals surface area (Å²) in [5, 5.41) is 4.32. The summed E-state index contributed by atoms with van der Waals surface area (Å²) in [5.41, 5.74) is 0. The molecule has 0 unspecified atom stereocenters. The van der Waals surface area contributed by atoms with Gasteiger partial charge >= 0.3 is 0 Å². The molecule has 1 fully saturated rings. The molecule has 4 heteroatoms. The Bertz CT molecular complexity index is 303. The number of aromatic nitrogens is 2. The quantitative estimate of drug-likeness (QED) is 0.854. The predicted molar refractivity (Wildman–Crippen MR) is 64.4 cm³/mol. The van der Waals surface area contributed by atoms with Gasteiger partial charge in [0.25, 0.3) is 0 Å². The van der Waals surface area contributed by atoms with Crippen LogP contribution in [0.25, 0.3) is 0 Å². The molecule has 0 spiro atoms. The van der Waals surface area contributed by atoms with Crippen molar-refractivity contribution in [2.24, 2.45) is 5.92 Å². The highest BCUT2D eigenvalue weighted by Crippen LogP contribution is 2.33. The Hall–Kier alpha value is -0.640. The van der Waals surface area contributed by atoms with E-state index >= 15 is 0 Å². The number of nitrogens with one attached hydrogen (secondary N) is 1. The molecular weight excluding hydrogens is 206 g/mol. The van der Waals surface area contributed by atoms with Gasteiger partial charge in [-0.05, 0) is 18.8 Å². The molecule has 15 heavy (non-hydrogen) atoms. The lowest BCUT2D eigenvalue weighted by atomic mass is 10.1. The third kappa shape index (κ3) is 2.91. The van der Waals surface area contributed by atoms with Gasteiger partial charge in [0.1, 0.15) is 5.82 Å². The summed E-state index contributed by atoms with van der Waals surface area (Å²) in [7, 11) is 0. The molecule has 1 aliphatic rings. The Balaban J connectivity index is 1.91. The van der Waals surface area contributed by atoms with Gasteiger partial charge in [-0.1, -0.05) is 26.7 Å². The van der Waals surface area contributed by atoms with Gasteiger partial charge in [-0.25, -0.2) is 4.98 Å². The molecule has 2 rings (SSSR count). The Morgan fingerprint density at radius 2 is 2.13 bits per heavy atom. The molecule has 0 bridgehead atoms. The van der Waals surface area contributed by atoms with E-state index in [9.17, 15) is 0 Å². The maximum atomic E-state index is 4.56. The topological polar surface area (TPSA) is 37.8 Å². The van der Waals surface area contributed by atoms with Crippen molar-refractivity contribution in [1.82, 2.24) is 9.36 Å². The Morgan fingerprint density at radius 3 is 2.80 bits per heavy atom. The first-order valence-corrected chi connectivity index (χ1v) is 6.60. The van der Waals surface area contributed by atoms with Crippen LogP contribution in [0.3, 0.4) is 0 Å². The van der Waals surface area contributed by atoms with E-state index in [1.165, 1.54) is 37.2 Å². The molecule has 84 valence electrons. The molecule has 1 heterocycles. The molecule has 1 N–H and O–H groups in total. The van der Waals surface area contributed by atoms with Gasteiger partial charge in [-0.2, -0.15) is 4.37 Å². The highest BCUT2D eigenvalue weighted by molar-refractivity contribution is 7.09. The molecule has 0 amide bonds. The van der Waals surface area contributed by atoms with Crippen LogP contribution >= 0.6 is 11.5 Å². The van der Waals surface area contributed by atoms with Gasteiger partial charge in [0.15, 0.2) is 0 Å². The first-order valence-electron chi connectivity index (χ1n) is 5.83. The standard InChI is InChI=1S/C11H19N3S/c1-8(2)7-12-11-13-10(14-15-11)9-5-3-4-6-9/h8-9H,3-7H2,1-2H3,(H,12,13,14). The van der Waals surface area contributed by atoms with Crippen LogP contribution < -0.4 is 5.32 Å². The van der Waals surface area contributed by atoms with E-state index in [1.54, 1.807) is 0 Å². The summed E-state index contributed by atoms with van der Waals surface area (Å²) in [6, 6.07) is 0. The molecule has 0 saturated heterocycles. The van der Waals surface area contributed by atoms with E-state index in [-0.39, 0.29) is 0 Å². The van der Waals surface area contributed by atoms with Crippen LogP contribution in [0, 0.1) is 5.92 Å². The maximum absolute atomic E-state index is 4.56. The third-order valence-corrected chi connectivity index (χ3v) is 3.51. The average molecular weight is 225 g/mol. The second-order valence-corrected chi connectivity index (χ2v) is 5.47. The van der Waals surface area contributed by atoms with Crippen molar-refractivity contribution in [3.8, 4) is 0 Å². The monoisotopic (exact) mass is 225 g/mol. The molecule has 0 aromatic carbocycles. The maximum Gasteiger partial charge on any atom is 0.202 e. The molecule has 3 nitrogen and oxygen atoms in total. The minimum Gasteiger partial charge on any atom is -0.360 e. The molecule has 0 atom stereocenters. The fourth-order valence-electron chi connectivity index (χ4n) is 1.95. The Labute approximate surface area is 95.5 Å². The smallest absolute Gasteiger partial charge is 0.202 e. The minimum atomic E-state index is 0.635. The van der Waals surface area contributed by atoms with Crippen molar-refractivity contribution in [1.29, 1.82) is 0 Å². The van der Waals surface area contributed by atoms with Gasteiger partial charge in [-0.3, -0.25) is 0 Å². The van der Waals surface area contributed by atoms with Crippen molar-refractivity contribution in [2.75, 3.05) is 11.9 Å². The molecular formula is C11H19N3S. The summed E-state index contributed by atoms with van der Waals surface area (Å²) >= 11 is 1.51. The van der Waals surface area contributed by atoms with E-state index in [2.05, 4.69) is 28.5 Å². The van der Waals surface area contributed by atoms with Gasteiger partial charge < -0.3 is 5.32 Å². The Morgan fingerprint density at radius 1 is 1.40 bits per heavy atom. The van der Waals surface area contributed by atoms with Crippen molar-refractivity contribution in [3.05, 3.63) is 5.82 Å². The average Bonchev–Trinajstić information content (AvgIpc) is 2.85. The van der Waals surface area contributed by atoms with E-state index in [4.69, 9.17) is 0 Å². The predicted octanol–water partition coefficient (Wildman–Crippen LogP) is 3.26. The van der Waals surface area contributed by atoms with Crippen LogP contribution in [0.5, 0.6) is 0 Å². The highest BCUT2D eigenvalue weighted by atomic mass is 32.1. The first kappa shape index (κ1) is 10.9. The zero-order valence-corrected chi connectivity index (χ0v) is 10.3. The molecule has 1 aliphatic carbocycles. The van der Waals surface area contributed by atoms with Gasteiger partial charge in [0, 0.05) is 24.0 Å². The summed E-state index contributed by atoms with van der Waals surface area (Å²) < 4.78 is 4.44. The summed E-state index contributed by atoms with van der Waals surface area (Å²) in [6.07, 6.45) is 5.25. The molecule has 1 aromatic rings. The van der Waals surface area contributed by atoms with Crippen LogP contribution in [0.2, 0.25) is 0 Å². The lowest BCUT2D eigenvalue weighted by Crippen LogP contribution is -2.07. The van der Waals surface area contributed by atoms with Crippen LogP contribution in [0.15, 0.2) is 0 Å². The van der Waals surface area contributed by atoms with Crippen molar-refractivity contribution in [2.45, 2.75) is 45.4 Å². The van der Waals surface area contributed by atoms with Crippen molar-refractivity contribution in [3.63, 3.8) is 0 Å². The number of rotatable bonds is 4. The van der Waals surface area contributed by atoms with E-state index in [0.717, 1.165) is 17.5 Å². The lowest BCUT2D eigenvalue weighted by molar-refractivity contribution is 0.675. The number of hydrogen-bond donors (Lipinski definition) is 1. The minimum absolute atomic E-state index is 0.635. The van der Waals surface area contributed by atoms with Crippen molar-refractivity contribution >= 4 is 16.7 Å². The first-order chi connectivity index (χ1) is 7.25. The second kappa shape index (κ2) is 4.92. The molecule has 0 aliphatic heterocycles. The van der Waals surface area contributed by atoms with Gasteiger partial charge in [0.05, 0.1) is 0 Å². The fraction of sp³-hybridized carbons (Fsp3) is 0.818. The van der Waals surface area contributed by atoms with E-state index in [0.29, 0.717) is 11.8 Å². The van der Waals surface area contributed by atoms with Crippen LogP contribution in [0.4, 0.5) is 5.13 Å². The summed E-state index contributed by atoms with van der Waals surface area (Å²) in [5.74, 6) is 2.36. The lowest BCUT2D eigenvalue weighted by Gasteiger charge is -2.04. The van der Waals surface area contributed by atoms with Gasteiger partial charge in [-0.15, -0.1) is 0 Å². The van der Waals surface area contributed by atoms with Crippen LogP contribution in [-0.4, -0.2) is 15.9 Å². The van der Waals surface area contributed by atoms with E-state index in [1.807, 2.05) is 0 Å². The summed E-state index contributed by atoms with van der Waals surface area (Å²) in [6.45, 7) is 5.39. The number of hydrogen-bond acceptors (Lipinski definition) is 4. The molecule has 1 saturated carbocycles. The highest BCUT2D eigenvalue weighted by Gasteiger charge is 2.21. The van der Waals surface area contributed by atoms with Gasteiger partial charge in [0.2, 0.25) is 5.13 Å². The summed E-state index contributed by atoms with van der Waals surface area (Å²) in [4.78, 5) is 4.56. The SMILES string of the molecule is CC(C)CNc1nc(C2CCCC2)ns1. The normalized spacial score (nSPS) is 17.5. The zero-order valence-electron chi connectivity index (χ0n) is 9.49. The van der Waals surface area contributed by atoms with Crippen LogP contribution in [0.1, 0.15) is 51.3 Å².